The standard InChI is InChI=1S/C43H30N4/c1-2-47-40-19-10-9-18-39(40)46-43(47)32-17-11-16-30(26-32)31-20-23-38-35(27-31)33-21-25-37-34(22-24-36(44-37)28-12-5-3-6-13-28)41(33)42(45-38)29-14-7-4-8-15-29/h3-27H,2H2,1H3. The summed E-state index contributed by atoms with van der Waals surface area (Å²) in [6.07, 6.45) is 0. The van der Waals surface area contributed by atoms with E-state index in [0.717, 1.165) is 89.8 Å². The number of fused-ring (bicyclic) bond motifs is 6. The predicted octanol–water partition coefficient (Wildman–Crippen LogP) is 11.0. The fourth-order valence-corrected chi connectivity index (χ4v) is 6.92. The molecular formula is C43H30N4. The number of aromatic nitrogens is 4. The molecule has 0 N–H and O–H groups in total. The fourth-order valence-electron chi connectivity index (χ4n) is 6.92. The van der Waals surface area contributed by atoms with Crippen molar-refractivity contribution in [3.8, 4) is 45.0 Å². The van der Waals surface area contributed by atoms with E-state index in [2.05, 4.69) is 151 Å². The second-order valence-electron chi connectivity index (χ2n) is 11.9. The summed E-state index contributed by atoms with van der Waals surface area (Å²) in [6.45, 7) is 3.03. The summed E-state index contributed by atoms with van der Waals surface area (Å²) >= 11 is 0. The Balaban J connectivity index is 1.24. The molecule has 0 unspecified atom stereocenters. The molecule has 0 spiro atoms. The van der Waals surface area contributed by atoms with Gasteiger partial charge in [-0.05, 0) is 72.0 Å². The lowest BCUT2D eigenvalue weighted by Gasteiger charge is -2.14. The van der Waals surface area contributed by atoms with Crippen molar-refractivity contribution in [3.05, 3.63) is 152 Å². The van der Waals surface area contributed by atoms with E-state index in [1.54, 1.807) is 0 Å². The molecule has 0 aliphatic rings. The number of benzene rings is 6. The van der Waals surface area contributed by atoms with Gasteiger partial charge < -0.3 is 4.57 Å². The van der Waals surface area contributed by atoms with Gasteiger partial charge in [-0.1, -0.05) is 103 Å². The van der Waals surface area contributed by atoms with Crippen LogP contribution in [0.2, 0.25) is 0 Å². The smallest absolute Gasteiger partial charge is 0.141 e. The Morgan fingerprint density at radius 3 is 1.94 bits per heavy atom. The van der Waals surface area contributed by atoms with Crippen LogP contribution in [0.25, 0.3) is 88.6 Å². The van der Waals surface area contributed by atoms with Crippen LogP contribution in [0.4, 0.5) is 0 Å². The average Bonchev–Trinajstić information content (AvgIpc) is 3.53. The molecule has 0 amide bonds. The minimum atomic E-state index is 0.854. The molecule has 222 valence electrons. The number of pyridine rings is 2. The molecule has 0 aliphatic carbocycles. The van der Waals surface area contributed by atoms with Crippen LogP contribution in [0, 0.1) is 0 Å². The van der Waals surface area contributed by atoms with Gasteiger partial charge in [0.05, 0.1) is 33.5 Å². The first-order chi connectivity index (χ1) is 23.2. The molecule has 0 bridgehead atoms. The van der Waals surface area contributed by atoms with Gasteiger partial charge in [0.15, 0.2) is 0 Å². The number of rotatable bonds is 5. The topological polar surface area (TPSA) is 43.6 Å². The lowest BCUT2D eigenvalue weighted by molar-refractivity contribution is 0.796. The van der Waals surface area contributed by atoms with E-state index in [0.29, 0.717) is 0 Å². The Kier molecular flexibility index (Phi) is 6.39. The Labute approximate surface area is 272 Å². The van der Waals surface area contributed by atoms with Gasteiger partial charge >= 0.3 is 0 Å². The largest absolute Gasteiger partial charge is 0.324 e. The maximum atomic E-state index is 5.31. The normalized spacial score (nSPS) is 11.6. The van der Waals surface area contributed by atoms with Gasteiger partial charge in [0.2, 0.25) is 0 Å². The lowest BCUT2D eigenvalue weighted by atomic mass is 9.94. The molecule has 0 saturated heterocycles. The van der Waals surface area contributed by atoms with Crippen LogP contribution >= 0.6 is 0 Å². The summed E-state index contributed by atoms with van der Waals surface area (Å²) in [5.74, 6) is 0.991. The van der Waals surface area contributed by atoms with Crippen molar-refractivity contribution in [2.24, 2.45) is 0 Å². The van der Waals surface area contributed by atoms with Crippen LogP contribution in [0.15, 0.2) is 152 Å². The zero-order chi connectivity index (χ0) is 31.3. The molecule has 9 rings (SSSR count). The Morgan fingerprint density at radius 1 is 0.447 bits per heavy atom. The van der Waals surface area contributed by atoms with E-state index in [1.807, 2.05) is 12.1 Å². The zero-order valence-corrected chi connectivity index (χ0v) is 25.9. The molecule has 3 heterocycles. The number of imidazole rings is 1. The number of nitrogens with zero attached hydrogens (tertiary/aromatic N) is 4. The van der Waals surface area contributed by atoms with Gasteiger partial charge in [-0.3, -0.25) is 0 Å². The lowest BCUT2D eigenvalue weighted by Crippen LogP contribution is -1.97. The summed E-state index contributed by atoms with van der Waals surface area (Å²) in [5.41, 5.74) is 11.6. The van der Waals surface area contributed by atoms with Crippen LogP contribution in [0.1, 0.15) is 6.92 Å². The predicted molar refractivity (Wildman–Crippen MR) is 195 cm³/mol. The van der Waals surface area contributed by atoms with E-state index >= 15 is 0 Å². The molecule has 4 nitrogen and oxygen atoms in total. The maximum absolute atomic E-state index is 5.31. The zero-order valence-electron chi connectivity index (χ0n) is 25.9. The van der Waals surface area contributed by atoms with Crippen LogP contribution in [0.3, 0.4) is 0 Å². The molecule has 0 radical (unpaired) electrons. The van der Waals surface area contributed by atoms with Crippen molar-refractivity contribution in [1.29, 1.82) is 0 Å². The molecule has 9 aromatic rings. The third-order valence-electron chi connectivity index (χ3n) is 9.17. The fraction of sp³-hybridized carbons (Fsp3) is 0.0465. The van der Waals surface area contributed by atoms with Gasteiger partial charge in [-0.25, -0.2) is 15.0 Å². The van der Waals surface area contributed by atoms with E-state index in [1.165, 1.54) is 5.39 Å². The third-order valence-corrected chi connectivity index (χ3v) is 9.17. The average molecular weight is 603 g/mol. The molecule has 0 aliphatic heterocycles. The highest BCUT2D eigenvalue weighted by Gasteiger charge is 2.16. The van der Waals surface area contributed by atoms with E-state index < -0.39 is 0 Å². The summed E-state index contributed by atoms with van der Waals surface area (Å²) in [6, 6.07) is 53.3. The monoisotopic (exact) mass is 602 g/mol. The molecule has 6 aromatic carbocycles. The van der Waals surface area contributed by atoms with Crippen LogP contribution in [-0.4, -0.2) is 19.5 Å². The van der Waals surface area contributed by atoms with Crippen molar-refractivity contribution < 1.29 is 0 Å². The molecular weight excluding hydrogens is 573 g/mol. The van der Waals surface area contributed by atoms with Crippen molar-refractivity contribution in [2.75, 3.05) is 0 Å². The molecule has 0 saturated carbocycles. The van der Waals surface area contributed by atoms with Gasteiger partial charge in [-0.2, -0.15) is 0 Å². The summed E-state index contributed by atoms with van der Waals surface area (Å²) < 4.78 is 2.29. The van der Waals surface area contributed by atoms with Crippen molar-refractivity contribution in [2.45, 2.75) is 13.5 Å². The highest BCUT2D eigenvalue weighted by atomic mass is 15.1. The van der Waals surface area contributed by atoms with Crippen molar-refractivity contribution >= 4 is 43.6 Å². The highest BCUT2D eigenvalue weighted by Crippen LogP contribution is 2.39. The first-order valence-corrected chi connectivity index (χ1v) is 16.1. The highest BCUT2D eigenvalue weighted by molar-refractivity contribution is 6.21. The van der Waals surface area contributed by atoms with Crippen molar-refractivity contribution in [3.63, 3.8) is 0 Å². The second kappa shape index (κ2) is 11.0. The SMILES string of the molecule is CCn1c(-c2cccc(-c3ccc4nc(-c5ccccc5)c5c6ccc(-c7ccccc7)nc6ccc5c4c3)c2)nc2ccccc21. The minimum Gasteiger partial charge on any atom is -0.324 e. The first kappa shape index (κ1) is 27.2. The van der Waals surface area contributed by atoms with E-state index in [4.69, 9.17) is 15.0 Å². The summed E-state index contributed by atoms with van der Waals surface area (Å²) in [7, 11) is 0. The van der Waals surface area contributed by atoms with E-state index in [-0.39, 0.29) is 0 Å². The third kappa shape index (κ3) is 4.57. The molecule has 0 atom stereocenters. The second-order valence-corrected chi connectivity index (χ2v) is 11.9. The van der Waals surface area contributed by atoms with Gasteiger partial charge in [-0.15, -0.1) is 0 Å². The van der Waals surface area contributed by atoms with Crippen LogP contribution < -0.4 is 0 Å². The number of aryl methyl sites for hydroxylation is 1. The number of hydrogen-bond donors (Lipinski definition) is 0. The van der Waals surface area contributed by atoms with E-state index in [9.17, 15) is 0 Å². The van der Waals surface area contributed by atoms with Gasteiger partial charge in [0.1, 0.15) is 5.82 Å². The summed E-state index contributed by atoms with van der Waals surface area (Å²) in [5, 5.41) is 4.51. The van der Waals surface area contributed by atoms with Crippen LogP contribution in [0.5, 0.6) is 0 Å². The number of hydrogen-bond acceptors (Lipinski definition) is 3. The minimum absolute atomic E-state index is 0.854. The number of para-hydroxylation sites is 2. The molecule has 4 heteroatoms. The quantitative estimate of drug-likeness (QED) is 0.184. The Morgan fingerprint density at radius 2 is 1.11 bits per heavy atom. The molecule has 3 aromatic heterocycles. The Bertz CT molecular complexity index is 2600. The van der Waals surface area contributed by atoms with Gasteiger partial charge in [0.25, 0.3) is 0 Å². The first-order valence-electron chi connectivity index (χ1n) is 16.1. The molecule has 0 fully saturated rings. The van der Waals surface area contributed by atoms with Crippen molar-refractivity contribution in [1.82, 2.24) is 19.5 Å². The maximum Gasteiger partial charge on any atom is 0.141 e. The molecule has 47 heavy (non-hydrogen) atoms. The van der Waals surface area contributed by atoms with Gasteiger partial charge in [0, 0.05) is 39.4 Å². The summed E-state index contributed by atoms with van der Waals surface area (Å²) in [4.78, 5) is 15.4. The van der Waals surface area contributed by atoms with Crippen LogP contribution in [-0.2, 0) is 6.54 Å². The Hall–Kier alpha value is -6.13.